The van der Waals surface area contributed by atoms with Gasteiger partial charge in [0.25, 0.3) is 5.91 Å². The lowest BCUT2D eigenvalue weighted by molar-refractivity contribution is 0.0772. The van der Waals surface area contributed by atoms with E-state index in [0.717, 1.165) is 72.6 Å². The summed E-state index contributed by atoms with van der Waals surface area (Å²) in [7, 11) is 4.23. The molecule has 0 radical (unpaired) electrons. The number of amides is 1. The number of nitrogens with zero attached hydrogens (tertiary/aromatic N) is 5. The number of fused-ring (bicyclic) bond motifs is 1. The smallest absolute Gasteiger partial charge is 0.254 e. The van der Waals surface area contributed by atoms with E-state index in [1.54, 1.807) is 0 Å². The molecule has 2 saturated heterocycles. The number of H-pyrrole nitrogens is 1. The highest BCUT2D eigenvalue weighted by molar-refractivity contribution is 5.98. The second kappa shape index (κ2) is 9.65. The summed E-state index contributed by atoms with van der Waals surface area (Å²) in [6.07, 6.45) is 3.96. The van der Waals surface area contributed by atoms with Gasteiger partial charge in [0.05, 0.1) is 6.67 Å². The first-order chi connectivity index (χ1) is 18.0. The molecule has 0 aliphatic carbocycles. The quantitative estimate of drug-likeness (QED) is 0.458. The van der Waals surface area contributed by atoms with Crippen molar-refractivity contribution in [3.63, 3.8) is 0 Å². The van der Waals surface area contributed by atoms with E-state index < -0.39 is 0 Å². The van der Waals surface area contributed by atoms with Crippen LogP contribution in [0.15, 0.2) is 60.9 Å². The van der Waals surface area contributed by atoms with Gasteiger partial charge >= 0.3 is 0 Å². The summed E-state index contributed by atoms with van der Waals surface area (Å²) >= 11 is 0. The van der Waals surface area contributed by atoms with Crippen LogP contribution in [-0.2, 0) is 0 Å². The van der Waals surface area contributed by atoms with Crippen molar-refractivity contribution in [2.75, 3.05) is 64.9 Å². The van der Waals surface area contributed by atoms with E-state index in [9.17, 15) is 4.79 Å². The Morgan fingerprint density at radius 2 is 1.57 bits per heavy atom. The van der Waals surface area contributed by atoms with E-state index in [1.807, 2.05) is 48.6 Å². The molecule has 190 valence electrons. The molecule has 1 N–H and O–H groups in total. The van der Waals surface area contributed by atoms with Crippen LogP contribution < -0.4 is 4.90 Å². The summed E-state index contributed by atoms with van der Waals surface area (Å²) < 4.78 is 0. The Kier molecular flexibility index (Phi) is 6.18. The van der Waals surface area contributed by atoms with Gasteiger partial charge in [0.1, 0.15) is 5.65 Å². The number of likely N-dealkylation sites (N-methyl/N-ethyl adjacent to an activating group) is 2. The Balaban J connectivity index is 1.26. The predicted octanol–water partition coefficient (Wildman–Crippen LogP) is 4.30. The number of piperazine rings is 1. The van der Waals surface area contributed by atoms with Crippen LogP contribution in [-0.4, -0.2) is 90.6 Å². The highest BCUT2D eigenvalue weighted by Gasteiger charge is 2.23. The van der Waals surface area contributed by atoms with Crippen LogP contribution in [0.4, 0.5) is 5.69 Å². The lowest BCUT2D eigenvalue weighted by atomic mass is 9.99. The number of hydrogen-bond acceptors (Lipinski definition) is 5. The number of carbonyl (C=O) groups is 1. The van der Waals surface area contributed by atoms with E-state index in [1.165, 1.54) is 16.8 Å². The Morgan fingerprint density at radius 3 is 2.27 bits per heavy atom. The third-order valence-electron chi connectivity index (χ3n) is 7.80. The minimum atomic E-state index is 0.0918. The topological polar surface area (TPSA) is 58.7 Å². The van der Waals surface area contributed by atoms with Gasteiger partial charge < -0.3 is 19.7 Å². The zero-order valence-electron chi connectivity index (χ0n) is 21.9. The number of pyridine rings is 1. The number of rotatable bonds is 4. The number of aromatic amines is 1. The molecule has 0 spiro atoms. The fraction of sp³-hybridized carbons (Fsp3) is 0.333. The molecule has 2 fully saturated rings. The summed E-state index contributed by atoms with van der Waals surface area (Å²) in [4.78, 5) is 29.8. The van der Waals surface area contributed by atoms with E-state index in [0.29, 0.717) is 6.67 Å². The van der Waals surface area contributed by atoms with Gasteiger partial charge in [-0.05, 0) is 68.0 Å². The number of benzene rings is 2. The molecule has 1 amide bonds. The number of aryl methyl sites for hydroxylation is 1. The fourth-order valence-electron chi connectivity index (χ4n) is 5.50. The highest BCUT2D eigenvalue weighted by Crippen LogP contribution is 2.33. The third kappa shape index (κ3) is 4.61. The number of aromatic nitrogens is 2. The van der Waals surface area contributed by atoms with Crippen molar-refractivity contribution in [1.82, 2.24) is 24.7 Å². The summed E-state index contributed by atoms with van der Waals surface area (Å²) in [5.41, 5.74) is 8.65. The van der Waals surface area contributed by atoms with Crippen LogP contribution in [0.3, 0.4) is 0 Å². The second-order valence-corrected chi connectivity index (χ2v) is 10.5. The van der Waals surface area contributed by atoms with Gasteiger partial charge in [-0.1, -0.05) is 18.2 Å². The van der Waals surface area contributed by atoms with E-state index >= 15 is 0 Å². The average molecular weight is 495 g/mol. The average Bonchev–Trinajstić information content (AvgIpc) is 3.55. The van der Waals surface area contributed by atoms with Gasteiger partial charge in [-0.15, -0.1) is 0 Å². The van der Waals surface area contributed by atoms with Crippen LogP contribution in [0.25, 0.3) is 33.3 Å². The lowest BCUT2D eigenvalue weighted by Crippen LogP contribution is -2.44. The molecule has 4 heterocycles. The van der Waals surface area contributed by atoms with Gasteiger partial charge in [-0.3, -0.25) is 9.69 Å². The van der Waals surface area contributed by atoms with Crippen LogP contribution in [0.2, 0.25) is 0 Å². The molecule has 0 saturated carbocycles. The van der Waals surface area contributed by atoms with Gasteiger partial charge in [0.2, 0.25) is 0 Å². The van der Waals surface area contributed by atoms with E-state index in [2.05, 4.69) is 57.9 Å². The van der Waals surface area contributed by atoms with Gasteiger partial charge in [-0.2, -0.15) is 0 Å². The highest BCUT2D eigenvalue weighted by atomic mass is 16.2. The van der Waals surface area contributed by atoms with E-state index in [4.69, 9.17) is 4.98 Å². The number of anilines is 1. The van der Waals surface area contributed by atoms with Crippen LogP contribution >= 0.6 is 0 Å². The molecule has 2 aromatic heterocycles. The molecule has 0 atom stereocenters. The van der Waals surface area contributed by atoms with Crippen molar-refractivity contribution in [2.45, 2.75) is 6.92 Å². The van der Waals surface area contributed by atoms with Crippen molar-refractivity contribution >= 4 is 22.6 Å². The molecule has 7 nitrogen and oxygen atoms in total. The van der Waals surface area contributed by atoms with Crippen LogP contribution in [0.1, 0.15) is 15.9 Å². The van der Waals surface area contributed by atoms with Crippen molar-refractivity contribution in [3.05, 3.63) is 72.1 Å². The maximum atomic E-state index is 12.8. The Labute approximate surface area is 218 Å². The molecular formula is C30H34N6O. The lowest BCUT2D eigenvalue weighted by Gasteiger charge is -2.35. The summed E-state index contributed by atoms with van der Waals surface area (Å²) in [5, 5.41) is 1.08. The number of carbonyl (C=O) groups excluding carboxylic acids is 1. The maximum Gasteiger partial charge on any atom is 0.254 e. The third-order valence-corrected chi connectivity index (χ3v) is 7.80. The van der Waals surface area contributed by atoms with Crippen LogP contribution in [0.5, 0.6) is 0 Å². The first-order valence-corrected chi connectivity index (χ1v) is 13.1. The van der Waals surface area contributed by atoms with Crippen molar-refractivity contribution < 1.29 is 4.79 Å². The minimum Gasteiger partial charge on any atom is -0.369 e. The van der Waals surface area contributed by atoms with Crippen molar-refractivity contribution in [1.29, 1.82) is 0 Å². The number of hydrogen-bond donors (Lipinski definition) is 1. The molecule has 2 aliphatic rings. The van der Waals surface area contributed by atoms with Gasteiger partial charge in [0.15, 0.2) is 0 Å². The predicted molar refractivity (Wildman–Crippen MR) is 150 cm³/mol. The summed E-state index contributed by atoms with van der Waals surface area (Å²) in [5.74, 6) is 0.0918. The van der Waals surface area contributed by atoms with E-state index in [-0.39, 0.29) is 5.91 Å². The molecule has 37 heavy (non-hydrogen) atoms. The molecular weight excluding hydrogens is 460 g/mol. The zero-order chi connectivity index (χ0) is 25.5. The molecule has 0 bridgehead atoms. The second-order valence-electron chi connectivity index (χ2n) is 10.5. The summed E-state index contributed by atoms with van der Waals surface area (Å²) in [6, 6.07) is 16.9. The Morgan fingerprint density at radius 1 is 0.838 bits per heavy atom. The van der Waals surface area contributed by atoms with Crippen LogP contribution in [0, 0.1) is 6.92 Å². The summed E-state index contributed by atoms with van der Waals surface area (Å²) in [6.45, 7) is 8.93. The number of nitrogens with one attached hydrogen (secondary N) is 1. The molecule has 2 aromatic carbocycles. The van der Waals surface area contributed by atoms with Crippen molar-refractivity contribution in [2.24, 2.45) is 0 Å². The molecule has 6 rings (SSSR count). The van der Waals surface area contributed by atoms with Gasteiger partial charge in [0, 0.05) is 79.4 Å². The standard InChI is InChI=1S/C30H34N6O/c1-21-16-24(8-9-28(21)35-13-10-33(2)11-14-35)25-17-26-27(19-32-29(26)31-18-25)22-4-6-23(7-5-22)30(37)36-15-12-34(3)20-36/h4-9,16-19H,10-15,20H2,1-3H3,(H,31,32). The first kappa shape index (κ1) is 23.7. The largest absolute Gasteiger partial charge is 0.369 e. The molecule has 4 aromatic rings. The Hall–Kier alpha value is -3.68. The van der Waals surface area contributed by atoms with Crippen molar-refractivity contribution in [3.8, 4) is 22.3 Å². The Bertz CT molecular complexity index is 1430. The minimum absolute atomic E-state index is 0.0918. The fourth-order valence-corrected chi connectivity index (χ4v) is 5.50. The van der Waals surface area contributed by atoms with Gasteiger partial charge in [-0.25, -0.2) is 4.98 Å². The molecule has 0 unspecified atom stereocenters. The normalized spacial score (nSPS) is 17.2. The zero-order valence-corrected chi connectivity index (χ0v) is 21.9. The maximum absolute atomic E-state index is 12.8. The first-order valence-electron chi connectivity index (χ1n) is 13.1. The molecule has 7 heteroatoms. The monoisotopic (exact) mass is 494 g/mol. The SMILES string of the molecule is Cc1cc(-c2cnc3[nH]cc(-c4ccc(C(=O)N5CCN(C)C5)cc4)c3c2)ccc1N1CCN(C)CC1. The molecule has 2 aliphatic heterocycles.